The zero-order valence-electron chi connectivity index (χ0n) is 21.4. The second-order valence-electron chi connectivity index (χ2n) is 9.15. The predicted octanol–water partition coefficient (Wildman–Crippen LogP) is 2.84. The van der Waals surface area contributed by atoms with Gasteiger partial charge < -0.3 is 23.8 Å². The van der Waals surface area contributed by atoms with Gasteiger partial charge in [-0.25, -0.2) is 0 Å². The number of carbonyl (C=O) groups is 2. The van der Waals surface area contributed by atoms with Crippen LogP contribution in [0.3, 0.4) is 0 Å². The number of rotatable bonds is 11. The Morgan fingerprint density at radius 2 is 1.75 bits per heavy atom. The Hall–Kier alpha value is -3.59. The Kier molecular flexibility index (Phi) is 7.49. The first-order chi connectivity index (χ1) is 17.4. The molecule has 0 radical (unpaired) electrons. The van der Waals surface area contributed by atoms with Crippen LogP contribution >= 0.6 is 0 Å². The highest BCUT2D eigenvalue weighted by molar-refractivity contribution is 6.10. The van der Waals surface area contributed by atoms with Gasteiger partial charge in [0.15, 0.2) is 23.0 Å². The highest BCUT2D eigenvalue weighted by atomic mass is 16.5. The van der Waals surface area contributed by atoms with Crippen molar-refractivity contribution >= 4 is 22.6 Å². The van der Waals surface area contributed by atoms with Gasteiger partial charge >= 0.3 is 0 Å². The second kappa shape index (κ2) is 10.6. The van der Waals surface area contributed by atoms with Crippen LogP contribution in [-0.4, -0.2) is 70.3 Å². The minimum atomic E-state index is -0.958. The van der Waals surface area contributed by atoms with Crippen molar-refractivity contribution < 1.29 is 28.5 Å². The monoisotopic (exact) mass is 495 g/mol. The molecule has 0 spiro atoms. The lowest BCUT2D eigenvalue weighted by atomic mass is 9.70. The Bertz CT molecular complexity index is 1220. The van der Waals surface area contributed by atoms with Crippen LogP contribution in [0.15, 0.2) is 48.2 Å². The molecular formula is C27H33N3O6. The first-order valence-electron chi connectivity index (χ1n) is 11.9. The van der Waals surface area contributed by atoms with Crippen LogP contribution in [0.25, 0.3) is 10.8 Å². The van der Waals surface area contributed by atoms with Crippen molar-refractivity contribution in [1.29, 1.82) is 0 Å². The topological polar surface area (TPSA) is 99.2 Å². The summed E-state index contributed by atoms with van der Waals surface area (Å²) in [4.78, 5) is 32.1. The third-order valence-electron chi connectivity index (χ3n) is 7.15. The lowest BCUT2D eigenvalue weighted by molar-refractivity contribution is -0.127. The number of likely N-dealkylation sites (N-methyl/N-ethyl adjacent to an activating group) is 1. The fourth-order valence-electron chi connectivity index (χ4n) is 5.19. The van der Waals surface area contributed by atoms with E-state index in [-0.39, 0.29) is 11.8 Å². The number of allylic oxidation sites excluding steroid dienone is 1. The number of methoxy groups -OCH3 is 4. The van der Waals surface area contributed by atoms with Gasteiger partial charge in [0, 0.05) is 24.3 Å². The van der Waals surface area contributed by atoms with Gasteiger partial charge in [0.1, 0.15) is 5.92 Å². The lowest BCUT2D eigenvalue weighted by Gasteiger charge is -2.33. The summed E-state index contributed by atoms with van der Waals surface area (Å²) in [5, 5.41) is 4.57. The summed E-state index contributed by atoms with van der Waals surface area (Å²) in [6.45, 7) is 1.58. The van der Waals surface area contributed by atoms with Crippen LogP contribution in [0.4, 0.5) is 0 Å². The number of nitrogens with one attached hydrogen (secondary N) is 1. The van der Waals surface area contributed by atoms with Gasteiger partial charge in [-0.15, -0.1) is 0 Å². The Morgan fingerprint density at radius 3 is 2.44 bits per heavy atom. The summed E-state index contributed by atoms with van der Waals surface area (Å²) >= 11 is 0. The average molecular weight is 496 g/mol. The van der Waals surface area contributed by atoms with Crippen LogP contribution < -0.4 is 14.8 Å². The number of ether oxygens (including phenoxy) is 4. The van der Waals surface area contributed by atoms with Gasteiger partial charge in [0.2, 0.25) is 11.8 Å². The van der Waals surface area contributed by atoms with Crippen molar-refractivity contribution in [1.82, 2.24) is 15.2 Å². The standard InChI is InChI=1S/C27H33N3O6/c1-30(12-8-17-15-28-16-18-13-21(34-3)22(35-4)14-19(17)18)11-6-9-27-10-7-20(33-2)24(36-5)23(27)25(31)29-26(27)32/h7,10,13-16,23H,6,8-9,11-12H2,1-5H3,(H,29,31,32). The molecular weight excluding hydrogens is 462 g/mol. The van der Waals surface area contributed by atoms with E-state index in [2.05, 4.69) is 22.2 Å². The van der Waals surface area contributed by atoms with E-state index in [0.29, 0.717) is 29.4 Å². The van der Waals surface area contributed by atoms with Crippen LogP contribution in [0, 0.1) is 11.3 Å². The number of benzene rings is 1. The van der Waals surface area contributed by atoms with Crippen molar-refractivity contribution in [2.45, 2.75) is 19.3 Å². The molecule has 2 heterocycles. The maximum absolute atomic E-state index is 12.9. The summed E-state index contributed by atoms with van der Waals surface area (Å²) in [5.41, 5.74) is 0.164. The molecule has 0 saturated carbocycles. The normalized spacial score (nSPS) is 21.1. The van der Waals surface area contributed by atoms with E-state index < -0.39 is 11.3 Å². The van der Waals surface area contributed by atoms with E-state index in [9.17, 15) is 9.59 Å². The summed E-state index contributed by atoms with van der Waals surface area (Å²) in [6.07, 6.45) is 9.29. The number of imide groups is 1. The minimum Gasteiger partial charge on any atom is -0.496 e. The molecule has 9 heteroatoms. The van der Waals surface area contributed by atoms with Gasteiger partial charge in [0.05, 0.1) is 33.9 Å². The molecule has 1 aromatic carbocycles. The number of hydrogen-bond donors (Lipinski definition) is 1. The van der Waals surface area contributed by atoms with E-state index in [1.54, 1.807) is 26.4 Å². The molecule has 1 saturated heterocycles. The maximum atomic E-state index is 12.9. The molecule has 1 aliphatic heterocycles. The number of carbonyl (C=O) groups excluding carboxylic acids is 2. The fraction of sp³-hybridized carbons (Fsp3) is 0.444. The number of nitrogens with zero attached hydrogens (tertiary/aromatic N) is 2. The molecule has 2 amide bonds. The van der Waals surface area contributed by atoms with Crippen molar-refractivity contribution in [3.8, 4) is 11.5 Å². The molecule has 1 N–H and O–H groups in total. The lowest BCUT2D eigenvalue weighted by Crippen LogP contribution is -2.37. The minimum absolute atomic E-state index is 0.285. The van der Waals surface area contributed by atoms with Gasteiger partial charge in [-0.05, 0) is 62.0 Å². The molecule has 2 aliphatic rings. The first kappa shape index (κ1) is 25.5. The fourth-order valence-corrected chi connectivity index (χ4v) is 5.19. The molecule has 2 atom stereocenters. The Labute approximate surface area is 211 Å². The van der Waals surface area contributed by atoms with Crippen molar-refractivity contribution in [2.24, 2.45) is 11.3 Å². The molecule has 1 fully saturated rings. The second-order valence-corrected chi connectivity index (χ2v) is 9.15. The molecule has 36 heavy (non-hydrogen) atoms. The quantitative estimate of drug-likeness (QED) is 0.475. The average Bonchev–Trinajstić information content (AvgIpc) is 3.15. The number of amides is 2. The first-order valence-corrected chi connectivity index (χ1v) is 11.9. The molecule has 9 nitrogen and oxygen atoms in total. The van der Waals surface area contributed by atoms with E-state index in [1.807, 2.05) is 24.5 Å². The van der Waals surface area contributed by atoms with Crippen molar-refractivity contribution in [2.75, 3.05) is 48.6 Å². The molecule has 2 aromatic rings. The van der Waals surface area contributed by atoms with Gasteiger partial charge in [-0.2, -0.15) is 0 Å². The van der Waals surface area contributed by atoms with Crippen LogP contribution in [0.5, 0.6) is 11.5 Å². The zero-order valence-corrected chi connectivity index (χ0v) is 21.4. The smallest absolute Gasteiger partial charge is 0.238 e. The van der Waals surface area contributed by atoms with Crippen LogP contribution in [0.2, 0.25) is 0 Å². The van der Waals surface area contributed by atoms with E-state index in [1.165, 1.54) is 14.2 Å². The van der Waals surface area contributed by atoms with Crippen molar-refractivity contribution in [3.63, 3.8) is 0 Å². The van der Waals surface area contributed by atoms with Crippen LogP contribution in [0.1, 0.15) is 18.4 Å². The number of aromatic nitrogens is 1. The maximum Gasteiger partial charge on any atom is 0.238 e. The van der Waals surface area contributed by atoms with Crippen molar-refractivity contribution in [3.05, 3.63) is 53.8 Å². The number of hydrogen-bond acceptors (Lipinski definition) is 8. The molecule has 1 aliphatic carbocycles. The predicted molar refractivity (Wildman–Crippen MR) is 135 cm³/mol. The van der Waals surface area contributed by atoms with E-state index in [4.69, 9.17) is 18.9 Å². The summed E-state index contributed by atoms with van der Waals surface area (Å²) in [6, 6.07) is 3.93. The molecule has 0 bridgehead atoms. The molecule has 192 valence electrons. The SMILES string of the molecule is COC1=C(OC)C2C(=O)NC(=O)C2(CCCN(C)CCc2cncc3cc(OC)c(OC)cc23)C=C1. The largest absolute Gasteiger partial charge is 0.496 e. The van der Waals surface area contributed by atoms with Gasteiger partial charge in [-0.1, -0.05) is 6.08 Å². The Balaban J connectivity index is 1.41. The summed E-state index contributed by atoms with van der Waals surface area (Å²) < 4.78 is 21.7. The third kappa shape index (κ3) is 4.51. The molecule has 4 rings (SSSR count). The summed E-state index contributed by atoms with van der Waals surface area (Å²) in [5.74, 6) is 0.880. The highest BCUT2D eigenvalue weighted by Crippen LogP contribution is 2.47. The van der Waals surface area contributed by atoms with E-state index in [0.717, 1.165) is 42.3 Å². The molecule has 1 aromatic heterocycles. The van der Waals surface area contributed by atoms with Gasteiger partial charge in [0.25, 0.3) is 0 Å². The third-order valence-corrected chi connectivity index (χ3v) is 7.15. The zero-order chi connectivity index (χ0) is 25.9. The van der Waals surface area contributed by atoms with E-state index >= 15 is 0 Å². The summed E-state index contributed by atoms with van der Waals surface area (Å²) in [7, 11) is 8.32. The van der Waals surface area contributed by atoms with Crippen LogP contribution in [-0.2, 0) is 25.5 Å². The molecule has 2 unspecified atom stereocenters. The highest BCUT2D eigenvalue weighted by Gasteiger charge is 2.57. The number of fused-ring (bicyclic) bond motifs is 2. The Morgan fingerprint density at radius 1 is 1.00 bits per heavy atom. The number of pyridine rings is 1. The van der Waals surface area contributed by atoms with Gasteiger partial charge in [-0.3, -0.25) is 19.9 Å².